The lowest BCUT2D eigenvalue weighted by Gasteiger charge is -2.29. The van der Waals surface area contributed by atoms with E-state index < -0.39 is 11.9 Å². The minimum Gasteiger partial charge on any atom is -0.322 e. The number of carbonyl (C=O) groups excluding carboxylic acids is 4. The Kier molecular flexibility index (Phi) is 3.48. The predicted molar refractivity (Wildman–Crippen MR) is 84.1 cm³/mol. The van der Waals surface area contributed by atoms with Crippen molar-refractivity contribution in [1.82, 2.24) is 10.2 Å². The van der Waals surface area contributed by atoms with Gasteiger partial charge in [-0.05, 0) is 48.4 Å². The number of hydrogen-bond donors (Lipinski definition) is 1. The summed E-state index contributed by atoms with van der Waals surface area (Å²) >= 11 is 0. The van der Waals surface area contributed by atoms with Gasteiger partial charge in [-0.2, -0.15) is 0 Å². The van der Waals surface area contributed by atoms with E-state index in [1.165, 1.54) is 0 Å². The van der Waals surface area contributed by atoms with Gasteiger partial charge < -0.3 is 9.69 Å². The number of fused-ring (bicyclic) bond motifs is 2. The van der Waals surface area contributed by atoms with E-state index in [9.17, 15) is 19.2 Å². The van der Waals surface area contributed by atoms with Gasteiger partial charge in [0.15, 0.2) is 0 Å². The molecule has 3 aliphatic rings. The van der Waals surface area contributed by atoms with Crippen LogP contribution in [-0.2, 0) is 33.8 Å². The molecule has 2 aliphatic heterocycles. The summed E-state index contributed by atoms with van der Waals surface area (Å²) in [6.07, 6.45) is 3.99. The average molecular weight is 326 g/mol. The quantitative estimate of drug-likeness (QED) is 0.642. The Morgan fingerprint density at radius 2 is 1.88 bits per heavy atom. The number of nitrogens with one attached hydrogen (secondary N) is 1. The van der Waals surface area contributed by atoms with Crippen molar-refractivity contribution in [3.8, 4) is 0 Å². The van der Waals surface area contributed by atoms with Crippen molar-refractivity contribution in [2.75, 3.05) is 0 Å². The second kappa shape index (κ2) is 5.54. The Bertz CT molecular complexity index is 771. The summed E-state index contributed by atoms with van der Waals surface area (Å²) in [6, 6.07) is 3.37. The molecule has 124 valence electrons. The van der Waals surface area contributed by atoms with E-state index >= 15 is 0 Å². The van der Waals surface area contributed by atoms with Gasteiger partial charge in [-0.25, -0.2) is 0 Å². The Morgan fingerprint density at radius 1 is 1.04 bits per heavy atom. The van der Waals surface area contributed by atoms with Crippen molar-refractivity contribution in [3.05, 3.63) is 34.4 Å². The molecule has 1 saturated heterocycles. The molecule has 3 amide bonds. The number of piperidine rings is 1. The zero-order valence-electron chi connectivity index (χ0n) is 13.2. The molecule has 1 N–H and O–H groups in total. The number of aldehydes is 1. The molecule has 24 heavy (non-hydrogen) atoms. The van der Waals surface area contributed by atoms with Crippen molar-refractivity contribution < 1.29 is 19.2 Å². The molecule has 0 spiro atoms. The molecule has 0 radical (unpaired) electrons. The van der Waals surface area contributed by atoms with Gasteiger partial charge in [-0.15, -0.1) is 0 Å². The summed E-state index contributed by atoms with van der Waals surface area (Å²) in [7, 11) is 0. The maximum Gasteiger partial charge on any atom is 0.255 e. The van der Waals surface area contributed by atoms with Crippen LogP contribution in [0.5, 0.6) is 0 Å². The number of hydrogen-bond acceptors (Lipinski definition) is 4. The van der Waals surface area contributed by atoms with Crippen LogP contribution >= 0.6 is 0 Å². The van der Waals surface area contributed by atoms with Crippen LogP contribution in [0, 0.1) is 5.92 Å². The third-order valence-corrected chi connectivity index (χ3v) is 5.30. The molecule has 2 heterocycles. The highest BCUT2D eigenvalue weighted by atomic mass is 16.2. The normalized spacial score (nSPS) is 26.0. The lowest BCUT2D eigenvalue weighted by molar-refractivity contribution is -0.136. The lowest BCUT2D eigenvalue weighted by atomic mass is 9.83. The Morgan fingerprint density at radius 3 is 2.62 bits per heavy atom. The highest BCUT2D eigenvalue weighted by Crippen LogP contribution is 2.33. The van der Waals surface area contributed by atoms with Gasteiger partial charge >= 0.3 is 0 Å². The van der Waals surface area contributed by atoms with E-state index in [0.29, 0.717) is 18.5 Å². The Balaban J connectivity index is 1.62. The lowest BCUT2D eigenvalue weighted by Crippen LogP contribution is -2.52. The van der Waals surface area contributed by atoms with Crippen LogP contribution in [0.1, 0.15) is 46.3 Å². The SMILES string of the molecule is O=CC1CCc2cc3c(cc2C1)CN([C@@H]1CCC(=O)NC1=O)C3=O. The maximum atomic E-state index is 12.7. The first-order chi connectivity index (χ1) is 11.6. The summed E-state index contributed by atoms with van der Waals surface area (Å²) < 4.78 is 0. The standard InChI is InChI=1S/C18H18N2O4/c21-9-10-1-2-11-7-14-13(6-12(11)5-10)8-20(18(14)24)15-3-4-16(22)19-17(15)23/h6-7,9-10,15H,1-5,8H2,(H,19,22,23)/t10?,15-/m1/s1. The minimum atomic E-state index is -0.581. The van der Waals surface area contributed by atoms with Gasteiger partial charge in [0.25, 0.3) is 5.91 Å². The zero-order valence-corrected chi connectivity index (χ0v) is 13.2. The van der Waals surface area contributed by atoms with Crippen LogP contribution in [0.3, 0.4) is 0 Å². The van der Waals surface area contributed by atoms with E-state index in [0.717, 1.165) is 42.2 Å². The molecule has 1 aromatic rings. The second-order valence-corrected chi connectivity index (χ2v) is 6.82. The molecule has 2 atom stereocenters. The van der Waals surface area contributed by atoms with E-state index in [4.69, 9.17) is 0 Å². The van der Waals surface area contributed by atoms with E-state index in [1.807, 2.05) is 12.1 Å². The molecule has 0 saturated carbocycles. The summed E-state index contributed by atoms with van der Waals surface area (Å²) in [5.74, 6) is -0.757. The topological polar surface area (TPSA) is 83.6 Å². The minimum absolute atomic E-state index is 0.0545. The molecule has 1 aromatic carbocycles. The molecule has 6 nitrogen and oxygen atoms in total. The fraction of sp³-hybridized carbons (Fsp3) is 0.444. The maximum absolute atomic E-state index is 12.7. The monoisotopic (exact) mass is 326 g/mol. The average Bonchev–Trinajstić information content (AvgIpc) is 2.88. The van der Waals surface area contributed by atoms with E-state index in [1.54, 1.807) is 4.90 Å². The van der Waals surface area contributed by atoms with E-state index in [2.05, 4.69) is 5.32 Å². The van der Waals surface area contributed by atoms with Gasteiger partial charge in [0.2, 0.25) is 11.8 Å². The van der Waals surface area contributed by atoms with Crippen molar-refractivity contribution in [1.29, 1.82) is 0 Å². The van der Waals surface area contributed by atoms with Gasteiger partial charge in [0.05, 0.1) is 0 Å². The van der Waals surface area contributed by atoms with Crippen LogP contribution in [0.15, 0.2) is 12.1 Å². The van der Waals surface area contributed by atoms with E-state index in [-0.39, 0.29) is 24.2 Å². The van der Waals surface area contributed by atoms with Crippen LogP contribution < -0.4 is 5.32 Å². The van der Waals surface area contributed by atoms with Crippen molar-refractivity contribution in [2.24, 2.45) is 5.92 Å². The third kappa shape index (κ3) is 2.33. The largest absolute Gasteiger partial charge is 0.322 e. The van der Waals surface area contributed by atoms with Crippen LogP contribution in [0.25, 0.3) is 0 Å². The third-order valence-electron chi connectivity index (χ3n) is 5.30. The summed E-state index contributed by atoms with van der Waals surface area (Å²) in [5.41, 5.74) is 3.83. The molecule has 4 rings (SSSR count). The molecule has 1 aliphatic carbocycles. The number of benzene rings is 1. The number of carbonyl (C=O) groups is 4. The number of rotatable bonds is 2. The van der Waals surface area contributed by atoms with Crippen molar-refractivity contribution in [2.45, 2.75) is 44.7 Å². The molecule has 6 heteroatoms. The highest BCUT2D eigenvalue weighted by molar-refractivity contribution is 6.05. The van der Waals surface area contributed by atoms with Gasteiger partial charge in [-0.1, -0.05) is 6.07 Å². The van der Waals surface area contributed by atoms with Gasteiger partial charge in [-0.3, -0.25) is 19.7 Å². The smallest absolute Gasteiger partial charge is 0.255 e. The number of amides is 3. The molecule has 0 aromatic heterocycles. The molecule has 1 unspecified atom stereocenters. The first-order valence-electron chi connectivity index (χ1n) is 8.31. The predicted octanol–water partition coefficient (Wildman–Crippen LogP) is 0.751. The molecular formula is C18H18N2O4. The second-order valence-electron chi connectivity index (χ2n) is 6.82. The first-order valence-corrected chi connectivity index (χ1v) is 8.31. The Labute approximate surface area is 139 Å². The molecule has 0 bridgehead atoms. The number of imide groups is 1. The number of aryl methyl sites for hydroxylation is 1. The molecular weight excluding hydrogens is 308 g/mol. The van der Waals surface area contributed by atoms with Crippen molar-refractivity contribution >= 4 is 24.0 Å². The highest BCUT2D eigenvalue weighted by Gasteiger charge is 2.39. The fourth-order valence-electron chi connectivity index (χ4n) is 3.98. The Hall–Kier alpha value is -2.50. The van der Waals surface area contributed by atoms with Gasteiger partial charge in [0.1, 0.15) is 12.3 Å². The van der Waals surface area contributed by atoms with Crippen LogP contribution in [0.2, 0.25) is 0 Å². The van der Waals surface area contributed by atoms with Crippen molar-refractivity contribution in [3.63, 3.8) is 0 Å². The van der Waals surface area contributed by atoms with Crippen LogP contribution in [-0.4, -0.2) is 34.9 Å². The van der Waals surface area contributed by atoms with Crippen LogP contribution in [0.4, 0.5) is 0 Å². The summed E-state index contributed by atoms with van der Waals surface area (Å²) in [6.45, 7) is 0.388. The molecule has 1 fully saturated rings. The fourth-order valence-corrected chi connectivity index (χ4v) is 3.98. The number of nitrogens with zero attached hydrogens (tertiary/aromatic N) is 1. The zero-order chi connectivity index (χ0) is 16.8. The first kappa shape index (κ1) is 15.1. The summed E-state index contributed by atoms with van der Waals surface area (Å²) in [5, 5.41) is 2.31. The summed E-state index contributed by atoms with van der Waals surface area (Å²) in [4.78, 5) is 48.7. The van der Waals surface area contributed by atoms with Gasteiger partial charge in [0, 0.05) is 24.4 Å².